The number of amides is 1. The summed E-state index contributed by atoms with van der Waals surface area (Å²) in [5.41, 5.74) is 1.64. The Morgan fingerprint density at radius 1 is 1.40 bits per heavy atom. The first-order chi connectivity index (χ1) is 9.31. The van der Waals surface area contributed by atoms with Crippen LogP contribution in [0.3, 0.4) is 0 Å². The van der Waals surface area contributed by atoms with E-state index >= 15 is 0 Å². The molecule has 0 heterocycles. The van der Waals surface area contributed by atoms with Crippen molar-refractivity contribution in [3.05, 3.63) is 41.0 Å². The number of hydrogen-bond donors (Lipinski definition) is 1. The Morgan fingerprint density at radius 3 is 2.55 bits per heavy atom. The van der Waals surface area contributed by atoms with Crippen molar-refractivity contribution in [2.75, 3.05) is 13.6 Å². The van der Waals surface area contributed by atoms with Crippen LogP contribution in [0.4, 0.5) is 8.78 Å². The molecule has 0 radical (unpaired) electrons. The molecule has 108 valence electrons. The molecular weight excluding hydrogens is 268 g/mol. The summed E-state index contributed by atoms with van der Waals surface area (Å²) in [5, 5.41) is 8.55. The minimum Gasteiger partial charge on any atom is -0.478 e. The van der Waals surface area contributed by atoms with Crippen molar-refractivity contribution in [1.82, 2.24) is 4.90 Å². The molecule has 0 aromatic heterocycles. The van der Waals surface area contributed by atoms with Crippen LogP contribution in [-0.4, -0.2) is 41.9 Å². The van der Waals surface area contributed by atoms with Crippen molar-refractivity contribution in [3.63, 3.8) is 0 Å². The van der Waals surface area contributed by atoms with Crippen LogP contribution in [-0.2, 0) is 4.79 Å². The van der Waals surface area contributed by atoms with Gasteiger partial charge >= 0.3 is 5.97 Å². The molecule has 6 heteroatoms. The Kier molecular flexibility index (Phi) is 5.37. The predicted molar refractivity (Wildman–Crippen MR) is 70.8 cm³/mol. The smallest absolute Gasteiger partial charge is 0.328 e. The molecule has 0 aliphatic carbocycles. The van der Waals surface area contributed by atoms with Crippen LogP contribution in [0.5, 0.6) is 0 Å². The van der Waals surface area contributed by atoms with Crippen molar-refractivity contribution < 1.29 is 23.5 Å². The Balaban J connectivity index is 2.91. The number of carboxylic acids is 1. The van der Waals surface area contributed by atoms with Gasteiger partial charge in [0.25, 0.3) is 12.3 Å². The number of alkyl halides is 2. The normalized spacial score (nSPS) is 11.1. The van der Waals surface area contributed by atoms with Crippen LogP contribution in [0, 0.1) is 6.92 Å². The van der Waals surface area contributed by atoms with Crippen LogP contribution in [0.15, 0.2) is 24.3 Å². The molecule has 0 aliphatic rings. The maximum absolute atomic E-state index is 12.2. The molecule has 0 spiro atoms. The first-order valence-corrected chi connectivity index (χ1v) is 5.86. The molecule has 20 heavy (non-hydrogen) atoms. The largest absolute Gasteiger partial charge is 0.478 e. The predicted octanol–water partition coefficient (Wildman–Crippen LogP) is 2.43. The maximum Gasteiger partial charge on any atom is 0.328 e. The number of carbonyl (C=O) groups excluding carboxylic acids is 1. The van der Waals surface area contributed by atoms with E-state index in [-0.39, 0.29) is 5.56 Å². The number of carbonyl (C=O) groups is 2. The molecule has 1 N–H and O–H groups in total. The maximum atomic E-state index is 12.2. The van der Waals surface area contributed by atoms with Gasteiger partial charge in [0.1, 0.15) is 0 Å². The number of benzene rings is 1. The lowest BCUT2D eigenvalue weighted by atomic mass is 10.0. The number of carboxylic acid groups (broad SMARTS) is 1. The Hall–Kier alpha value is -2.24. The molecule has 0 aliphatic heterocycles. The first-order valence-electron chi connectivity index (χ1n) is 5.86. The summed E-state index contributed by atoms with van der Waals surface area (Å²) in [6.07, 6.45) is -0.176. The van der Waals surface area contributed by atoms with Crippen molar-refractivity contribution in [3.8, 4) is 0 Å². The fraction of sp³-hybridized carbons (Fsp3) is 0.286. The summed E-state index contributed by atoms with van der Waals surface area (Å²) in [4.78, 5) is 23.3. The third-order valence-electron chi connectivity index (χ3n) is 2.68. The van der Waals surface area contributed by atoms with E-state index in [4.69, 9.17) is 5.11 Å². The highest BCUT2D eigenvalue weighted by Gasteiger charge is 2.16. The van der Waals surface area contributed by atoms with Crippen molar-refractivity contribution in [1.29, 1.82) is 0 Å². The zero-order chi connectivity index (χ0) is 15.3. The quantitative estimate of drug-likeness (QED) is 0.844. The number of rotatable bonds is 5. The molecule has 1 rings (SSSR count). The SMILES string of the molecule is Cc1cc(C(=O)N(C)CC(F)F)ccc1/C=C/C(=O)O. The number of nitrogens with zero attached hydrogens (tertiary/aromatic N) is 1. The molecule has 0 fully saturated rings. The lowest BCUT2D eigenvalue weighted by Gasteiger charge is -2.17. The zero-order valence-corrected chi connectivity index (χ0v) is 11.1. The number of aryl methyl sites for hydroxylation is 1. The summed E-state index contributed by atoms with van der Waals surface area (Å²) in [5.74, 6) is -1.57. The van der Waals surface area contributed by atoms with Gasteiger partial charge < -0.3 is 10.0 Å². The van der Waals surface area contributed by atoms with Crippen LogP contribution >= 0.6 is 0 Å². The molecule has 1 aromatic rings. The van der Waals surface area contributed by atoms with Crippen LogP contribution < -0.4 is 0 Å². The van der Waals surface area contributed by atoms with E-state index in [1.54, 1.807) is 19.1 Å². The van der Waals surface area contributed by atoms with Crippen molar-refractivity contribution in [2.24, 2.45) is 0 Å². The minimum atomic E-state index is -2.58. The summed E-state index contributed by atoms with van der Waals surface area (Å²) in [7, 11) is 1.31. The molecule has 4 nitrogen and oxygen atoms in total. The highest BCUT2D eigenvalue weighted by atomic mass is 19.3. The Labute approximate surface area is 115 Å². The fourth-order valence-electron chi connectivity index (χ4n) is 1.67. The van der Waals surface area contributed by atoms with E-state index in [0.717, 1.165) is 11.0 Å². The molecule has 1 amide bonds. The monoisotopic (exact) mass is 283 g/mol. The van der Waals surface area contributed by atoms with Crippen LogP contribution in [0.25, 0.3) is 6.08 Å². The molecule has 0 saturated heterocycles. The van der Waals surface area contributed by atoms with Gasteiger partial charge in [0.2, 0.25) is 0 Å². The summed E-state index contributed by atoms with van der Waals surface area (Å²) < 4.78 is 24.4. The van der Waals surface area contributed by atoms with E-state index in [9.17, 15) is 18.4 Å². The highest BCUT2D eigenvalue weighted by Crippen LogP contribution is 2.14. The minimum absolute atomic E-state index is 0.290. The highest BCUT2D eigenvalue weighted by molar-refractivity contribution is 5.94. The van der Waals surface area contributed by atoms with Gasteiger partial charge in [0.05, 0.1) is 6.54 Å². The fourth-order valence-corrected chi connectivity index (χ4v) is 1.67. The zero-order valence-electron chi connectivity index (χ0n) is 11.1. The number of halogens is 2. The van der Waals surface area contributed by atoms with E-state index in [0.29, 0.717) is 11.1 Å². The molecule has 0 bridgehead atoms. The van der Waals surface area contributed by atoms with E-state index < -0.39 is 24.8 Å². The average Bonchev–Trinajstić information content (AvgIpc) is 2.35. The second-order valence-electron chi connectivity index (χ2n) is 4.32. The van der Waals surface area contributed by atoms with E-state index in [1.165, 1.54) is 19.2 Å². The van der Waals surface area contributed by atoms with Gasteiger partial charge in [-0.2, -0.15) is 0 Å². The lowest BCUT2D eigenvalue weighted by molar-refractivity contribution is -0.131. The van der Waals surface area contributed by atoms with E-state index in [2.05, 4.69) is 0 Å². The molecule has 1 aromatic carbocycles. The Bertz CT molecular complexity index is 541. The Morgan fingerprint density at radius 2 is 2.05 bits per heavy atom. The molecule has 0 unspecified atom stereocenters. The molecule has 0 saturated carbocycles. The van der Waals surface area contributed by atoms with Gasteiger partial charge in [-0.1, -0.05) is 6.07 Å². The lowest BCUT2D eigenvalue weighted by Crippen LogP contribution is -2.31. The van der Waals surface area contributed by atoms with Gasteiger partial charge in [-0.05, 0) is 36.3 Å². The summed E-state index contributed by atoms with van der Waals surface area (Å²) >= 11 is 0. The van der Waals surface area contributed by atoms with Gasteiger partial charge in [-0.3, -0.25) is 4.79 Å². The molecule has 0 atom stereocenters. The molecular formula is C14H15F2NO3. The summed E-state index contributed by atoms with van der Waals surface area (Å²) in [6, 6.07) is 4.61. The summed E-state index contributed by atoms with van der Waals surface area (Å²) in [6.45, 7) is 1.09. The van der Waals surface area contributed by atoms with Gasteiger partial charge in [-0.15, -0.1) is 0 Å². The average molecular weight is 283 g/mol. The van der Waals surface area contributed by atoms with Crippen LogP contribution in [0.2, 0.25) is 0 Å². The van der Waals surface area contributed by atoms with E-state index in [1.807, 2.05) is 0 Å². The first kappa shape index (κ1) is 15.8. The third-order valence-corrected chi connectivity index (χ3v) is 2.68. The van der Waals surface area contributed by atoms with Gasteiger partial charge in [-0.25, -0.2) is 13.6 Å². The second kappa shape index (κ2) is 6.79. The number of aliphatic carboxylic acids is 1. The third kappa shape index (κ3) is 4.46. The standard InChI is InChI=1S/C14H15F2NO3/c1-9-7-11(14(20)17(2)8-12(15)16)4-3-10(9)5-6-13(18)19/h3-7,12H,8H2,1-2H3,(H,18,19)/b6-5+. The van der Waals surface area contributed by atoms with Crippen molar-refractivity contribution >= 4 is 18.0 Å². The van der Waals surface area contributed by atoms with Crippen molar-refractivity contribution in [2.45, 2.75) is 13.3 Å². The van der Waals surface area contributed by atoms with Gasteiger partial charge in [0.15, 0.2) is 0 Å². The second-order valence-corrected chi connectivity index (χ2v) is 4.32. The van der Waals surface area contributed by atoms with Gasteiger partial charge in [0, 0.05) is 18.7 Å². The van der Waals surface area contributed by atoms with Crippen LogP contribution in [0.1, 0.15) is 21.5 Å². The number of hydrogen-bond acceptors (Lipinski definition) is 2. The topological polar surface area (TPSA) is 57.6 Å².